The van der Waals surface area contributed by atoms with E-state index in [1.54, 1.807) is 0 Å². The summed E-state index contributed by atoms with van der Waals surface area (Å²) in [6.45, 7) is 4.92. The molecule has 6 atom stereocenters. The lowest BCUT2D eigenvalue weighted by Gasteiger charge is -2.62. The Morgan fingerprint density at radius 2 is 1.25 bits per heavy atom. The summed E-state index contributed by atoms with van der Waals surface area (Å²) in [5.74, 6) is -0.0847. The van der Waals surface area contributed by atoms with Crippen LogP contribution in [0.4, 0.5) is 0 Å². The largest absolute Gasteiger partial charge is 0.363 e. The molecule has 0 radical (unpaired) electrons. The maximum absolute atomic E-state index is 15.3. The number of Topliss-reactive ketones (excluding diaryl/α,β-unsaturated/α-hetero) is 1. The number of nitrogens with one attached hydrogen (secondary N) is 2. The number of carbonyl (C=O) groups is 1. The van der Waals surface area contributed by atoms with E-state index in [0.717, 1.165) is 22.3 Å². The van der Waals surface area contributed by atoms with E-state index in [4.69, 9.17) is 12.2 Å². The molecule has 5 heteroatoms. The van der Waals surface area contributed by atoms with Gasteiger partial charge in [0, 0.05) is 18.6 Å². The molecule has 0 saturated carbocycles. The maximum atomic E-state index is 15.3. The summed E-state index contributed by atoms with van der Waals surface area (Å²) in [6, 6.07) is 40.7. The van der Waals surface area contributed by atoms with Gasteiger partial charge in [0.15, 0.2) is 5.11 Å². The van der Waals surface area contributed by atoms with Gasteiger partial charge in [0.1, 0.15) is 5.78 Å². The van der Waals surface area contributed by atoms with Gasteiger partial charge in [-0.1, -0.05) is 121 Å². The SMILES string of the molecule is CCNC(=S)N1C(c2ccccc2)C2C(=O)C(C)(C(c3ccccc3)NC2c2ccccc2)C1c1ccccc1. The Hall–Kier alpha value is -3.80. The van der Waals surface area contributed by atoms with Crippen LogP contribution in [0.15, 0.2) is 121 Å². The molecule has 2 heterocycles. The summed E-state index contributed by atoms with van der Waals surface area (Å²) in [4.78, 5) is 17.6. The first-order chi connectivity index (χ1) is 19.6. The van der Waals surface area contributed by atoms with E-state index in [1.807, 2.05) is 24.3 Å². The van der Waals surface area contributed by atoms with Crippen LogP contribution in [0.3, 0.4) is 0 Å². The fourth-order valence-corrected chi connectivity index (χ4v) is 7.41. The van der Waals surface area contributed by atoms with Gasteiger partial charge in [-0.15, -0.1) is 0 Å². The normalized spacial score (nSPS) is 27.7. The highest BCUT2D eigenvalue weighted by Gasteiger charge is 2.65. The number of hydrogen-bond donors (Lipinski definition) is 2. The molecule has 2 bridgehead atoms. The molecule has 0 aliphatic carbocycles. The van der Waals surface area contributed by atoms with Crippen LogP contribution >= 0.6 is 12.2 Å². The molecular weight excluding hydrogens is 510 g/mol. The van der Waals surface area contributed by atoms with Crippen molar-refractivity contribution in [3.05, 3.63) is 144 Å². The van der Waals surface area contributed by atoms with Gasteiger partial charge >= 0.3 is 0 Å². The lowest BCUT2D eigenvalue weighted by Crippen LogP contribution is -2.68. The number of ketones is 1. The van der Waals surface area contributed by atoms with E-state index >= 15 is 4.79 Å². The van der Waals surface area contributed by atoms with Crippen molar-refractivity contribution >= 4 is 23.1 Å². The second kappa shape index (κ2) is 11.0. The van der Waals surface area contributed by atoms with Gasteiger partial charge in [-0.05, 0) is 48.3 Å². The number of nitrogens with zero attached hydrogens (tertiary/aromatic N) is 1. The number of hydrogen-bond acceptors (Lipinski definition) is 3. The van der Waals surface area contributed by atoms with Crippen molar-refractivity contribution in [3.63, 3.8) is 0 Å². The van der Waals surface area contributed by atoms with Crippen LogP contribution in [0.5, 0.6) is 0 Å². The fourth-order valence-electron chi connectivity index (χ4n) is 7.05. The topological polar surface area (TPSA) is 44.4 Å². The van der Waals surface area contributed by atoms with Crippen LogP contribution in [-0.2, 0) is 4.79 Å². The van der Waals surface area contributed by atoms with Gasteiger partial charge in [0.25, 0.3) is 0 Å². The van der Waals surface area contributed by atoms with Crippen LogP contribution in [0.1, 0.15) is 60.3 Å². The number of piperidine rings is 2. The average molecular weight is 546 g/mol. The van der Waals surface area contributed by atoms with Crippen molar-refractivity contribution < 1.29 is 4.79 Å². The van der Waals surface area contributed by atoms with Crippen LogP contribution in [0.2, 0.25) is 0 Å². The van der Waals surface area contributed by atoms with Gasteiger partial charge in [-0.2, -0.15) is 0 Å². The second-order valence-corrected chi connectivity index (χ2v) is 11.4. The monoisotopic (exact) mass is 545 g/mol. The molecule has 0 amide bonds. The third-order valence-corrected chi connectivity index (χ3v) is 9.09. The lowest BCUT2D eigenvalue weighted by atomic mass is 9.55. The van der Waals surface area contributed by atoms with Crippen LogP contribution in [0, 0.1) is 11.3 Å². The molecule has 202 valence electrons. The van der Waals surface area contributed by atoms with E-state index in [1.165, 1.54) is 0 Å². The quantitative estimate of drug-likeness (QED) is 0.266. The summed E-state index contributed by atoms with van der Waals surface area (Å²) in [5, 5.41) is 8.19. The van der Waals surface area contributed by atoms with Crippen molar-refractivity contribution in [2.24, 2.45) is 11.3 Å². The molecule has 4 aromatic carbocycles. The van der Waals surface area contributed by atoms with E-state index in [9.17, 15) is 0 Å². The van der Waals surface area contributed by atoms with Crippen molar-refractivity contribution in [1.29, 1.82) is 0 Å². The molecule has 2 aliphatic heterocycles. The van der Waals surface area contributed by atoms with Gasteiger partial charge < -0.3 is 15.5 Å². The highest BCUT2D eigenvalue weighted by Crippen LogP contribution is 2.62. The molecule has 6 rings (SSSR count). The highest BCUT2D eigenvalue weighted by atomic mass is 32.1. The minimum absolute atomic E-state index is 0.194. The number of carbonyl (C=O) groups excluding carboxylic acids is 1. The molecule has 2 fully saturated rings. The summed E-state index contributed by atoms with van der Waals surface area (Å²) in [7, 11) is 0. The van der Waals surface area contributed by atoms with E-state index < -0.39 is 5.41 Å². The zero-order valence-electron chi connectivity index (χ0n) is 22.9. The van der Waals surface area contributed by atoms with Gasteiger partial charge in [-0.25, -0.2) is 0 Å². The standard InChI is InChI=1S/C35H35N3OS/c1-3-36-34(40)38-30(25-18-10-5-11-19-25)28-29(24-16-8-4-9-17-24)37-31(26-20-12-6-13-21-26)35(2,33(28)39)32(38)27-22-14-7-15-23-27/h4-23,28-32,37H,3H2,1-2H3,(H,36,40). The third kappa shape index (κ3) is 4.34. The van der Waals surface area contributed by atoms with E-state index in [0.29, 0.717) is 11.7 Å². The Kier molecular flexibility index (Phi) is 7.26. The lowest BCUT2D eigenvalue weighted by molar-refractivity contribution is -0.159. The Morgan fingerprint density at radius 1 is 0.775 bits per heavy atom. The van der Waals surface area contributed by atoms with Crippen molar-refractivity contribution in [2.45, 2.75) is 38.0 Å². The Balaban J connectivity index is 1.65. The summed E-state index contributed by atoms with van der Waals surface area (Å²) >= 11 is 6.19. The van der Waals surface area contributed by atoms with Crippen molar-refractivity contribution in [3.8, 4) is 0 Å². The zero-order valence-corrected chi connectivity index (χ0v) is 23.7. The molecule has 2 saturated heterocycles. The molecule has 4 nitrogen and oxygen atoms in total. The molecule has 4 aromatic rings. The molecular formula is C35H35N3OS. The number of rotatable bonds is 5. The molecule has 2 N–H and O–H groups in total. The summed E-state index contributed by atoms with van der Waals surface area (Å²) in [6.07, 6.45) is 0. The number of benzene rings is 4. The number of thiocarbonyl (C=S) groups is 1. The Bertz CT molecular complexity index is 1460. The Morgan fingerprint density at radius 3 is 1.77 bits per heavy atom. The summed E-state index contributed by atoms with van der Waals surface area (Å²) < 4.78 is 0. The van der Waals surface area contributed by atoms with Crippen LogP contribution in [-0.4, -0.2) is 22.3 Å². The molecule has 40 heavy (non-hydrogen) atoms. The minimum atomic E-state index is -0.802. The predicted molar refractivity (Wildman–Crippen MR) is 165 cm³/mol. The molecule has 6 unspecified atom stereocenters. The molecule has 0 spiro atoms. The van der Waals surface area contributed by atoms with Crippen molar-refractivity contribution in [2.75, 3.05) is 6.54 Å². The van der Waals surface area contributed by atoms with Crippen LogP contribution < -0.4 is 10.6 Å². The van der Waals surface area contributed by atoms with Gasteiger partial charge in [0.05, 0.1) is 23.4 Å². The predicted octanol–water partition coefficient (Wildman–Crippen LogP) is 6.96. The Labute approximate surface area is 242 Å². The van der Waals surface area contributed by atoms with E-state index in [2.05, 4.69) is 126 Å². The first kappa shape index (κ1) is 26.4. The smallest absolute Gasteiger partial charge is 0.170 e. The summed E-state index contributed by atoms with van der Waals surface area (Å²) in [5.41, 5.74) is 3.58. The first-order valence-corrected chi connectivity index (χ1v) is 14.5. The highest BCUT2D eigenvalue weighted by molar-refractivity contribution is 7.80. The fraction of sp³-hybridized carbons (Fsp3) is 0.257. The zero-order chi connectivity index (χ0) is 27.7. The third-order valence-electron chi connectivity index (χ3n) is 8.74. The van der Waals surface area contributed by atoms with Crippen LogP contribution in [0.25, 0.3) is 0 Å². The second-order valence-electron chi connectivity index (χ2n) is 11.0. The van der Waals surface area contributed by atoms with Gasteiger partial charge in [-0.3, -0.25) is 4.79 Å². The molecule has 0 aromatic heterocycles. The van der Waals surface area contributed by atoms with E-state index in [-0.39, 0.29) is 35.9 Å². The average Bonchev–Trinajstić information content (AvgIpc) is 3.00. The maximum Gasteiger partial charge on any atom is 0.170 e. The van der Waals surface area contributed by atoms with Gasteiger partial charge in [0.2, 0.25) is 0 Å². The van der Waals surface area contributed by atoms with Crippen molar-refractivity contribution in [1.82, 2.24) is 15.5 Å². The number of likely N-dealkylation sites (tertiary alicyclic amines) is 1. The number of fused-ring (bicyclic) bond motifs is 2. The minimum Gasteiger partial charge on any atom is -0.363 e. The molecule has 2 aliphatic rings. The first-order valence-electron chi connectivity index (χ1n) is 14.1.